The lowest BCUT2D eigenvalue weighted by Crippen LogP contribution is -2.40. The maximum absolute atomic E-state index is 13.0. The highest BCUT2D eigenvalue weighted by atomic mass is 32.1. The van der Waals surface area contributed by atoms with Crippen molar-refractivity contribution in [2.75, 3.05) is 16.8 Å². The molecule has 2 aromatic carbocycles. The van der Waals surface area contributed by atoms with Crippen LogP contribution in [0, 0.1) is 0 Å². The lowest BCUT2D eigenvalue weighted by Gasteiger charge is -2.25. The highest BCUT2D eigenvalue weighted by Crippen LogP contribution is 2.32. The van der Waals surface area contributed by atoms with Gasteiger partial charge in [-0.15, -0.1) is 11.3 Å². The zero-order valence-electron chi connectivity index (χ0n) is 15.8. The predicted octanol–water partition coefficient (Wildman–Crippen LogP) is 4.97. The molecule has 6 heteroatoms. The molecule has 4 aromatic rings. The van der Waals surface area contributed by atoms with E-state index in [1.807, 2.05) is 53.9 Å². The zero-order valence-corrected chi connectivity index (χ0v) is 16.6. The molecule has 1 atom stereocenters. The van der Waals surface area contributed by atoms with Gasteiger partial charge in [-0.2, -0.15) is 0 Å². The summed E-state index contributed by atoms with van der Waals surface area (Å²) >= 11 is 1.59. The standard InChI is InChI=1S/C23H20N4OS/c28-22(26-18-10-8-17(9-11-18)16-5-2-1-3-6-16)20-7-4-13-27(20)21-19-12-14-29-23(19)25-15-24-21/h1-3,5-6,8-12,14-15,20H,4,7,13H2,(H,26,28). The van der Waals surface area contributed by atoms with Crippen LogP contribution in [-0.4, -0.2) is 28.5 Å². The van der Waals surface area contributed by atoms with Crippen LogP contribution >= 0.6 is 11.3 Å². The predicted molar refractivity (Wildman–Crippen MR) is 118 cm³/mol. The van der Waals surface area contributed by atoms with Crippen molar-refractivity contribution in [2.45, 2.75) is 18.9 Å². The molecule has 1 N–H and O–H groups in total. The van der Waals surface area contributed by atoms with Gasteiger partial charge in [-0.25, -0.2) is 9.97 Å². The van der Waals surface area contributed by atoms with Crippen molar-refractivity contribution in [3.8, 4) is 11.1 Å². The van der Waals surface area contributed by atoms with Crippen LogP contribution in [0.3, 0.4) is 0 Å². The van der Waals surface area contributed by atoms with Gasteiger partial charge in [0.2, 0.25) is 5.91 Å². The fourth-order valence-corrected chi connectivity index (χ4v) is 4.63. The number of anilines is 2. The average Bonchev–Trinajstić information content (AvgIpc) is 3.44. The SMILES string of the molecule is O=C(Nc1ccc(-c2ccccc2)cc1)C1CCCN1c1ncnc2sccc12. The number of carbonyl (C=O) groups excluding carboxylic acids is 1. The number of rotatable bonds is 4. The molecular formula is C23H20N4OS. The quantitative estimate of drug-likeness (QED) is 0.526. The Morgan fingerprint density at radius 3 is 2.62 bits per heavy atom. The van der Waals surface area contributed by atoms with Crippen molar-refractivity contribution in [2.24, 2.45) is 0 Å². The number of hydrogen-bond donors (Lipinski definition) is 1. The van der Waals surface area contributed by atoms with Gasteiger partial charge in [0.25, 0.3) is 0 Å². The minimum Gasteiger partial charge on any atom is -0.344 e. The van der Waals surface area contributed by atoms with Crippen LogP contribution in [0.1, 0.15) is 12.8 Å². The summed E-state index contributed by atoms with van der Waals surface area (Å²) in [5, 5.41) is 6.12. The van der Waals surface area contributed by atoms with Crippen LogP contribution in [0.15, 0.2) is 72.4 Å². The smallest absolute Gasteiger partial charge is 0.247 e. The summed E-state index contributed by atoms with van der Waals surface area (Å²) in [4.78, 5) is 24.9. The minimum absolute atomic E-state index is 0.0111. The van der Waals surface area contributed by atoms with Crippen LogP contribution in [0.4, 0.5) is 11.5 Å². The van der Waals surface area contributed by atoms with Gasteiger partial charge in [0.05, 0.1) is 5.39 Å². The number of thiophene rings is 1. The molecule has 1 amide bonds. The van der Waals surface area contributed by atoms with E-state index in [9.17, 15) is 4.79 Å². The Labute approximate surface area is 173 Å². The number of amides is 1. The fraction of sp³-hybridized carbons (Fsp3) is 0.174. The van der Waals surface area contributed by atoms with E-state index in [1.54, 1.807) is 17.7 Å². The summed E-state index contributed by atoms with van der Waals surface area (Å²) in [5.74, 6) is 0.866. The zero-order chi connectivity index (χ0) is 19.6. The van der Waals surface area contributed by atoms with E-state index in [0.717, 1.165) is 52.2 Å². The first-order chi connectivity index (χ1) is 14.3. The van der Waals surface area contributed by atoms with E-state index in [4.69, 9.17) is 0 Å². The van der Waals surface area contributed by atoms with Crippen LogP contribution in [0.2, 0.25) is 0 Å². The number of carbonyl (C=O) groups is 1. The average molecular weight is 401 g/mol. The number of nitrogens with one attached hydrogen (secondary N) is 1. The lowest BCUT2D eigenvalue weighted by molar-refractivity contribution is -0.117. The third-order valence-electron chi connectivity index (χ3n) is 5.33. The Morgan fingerprint density at radius 1 is 1.00 bits per heavy atom. The second-order valence-corrected chi connectivity index (χ2v) is 8.02. The number of benzene rings is 2. The van der Waals surface area contributed by atoms with Crippen molar-refractivity contribution >= 4 is 39.0 Å². The van der Waals surface area contributed by atoms with Crippen molar-refractivity contribution in [3.05, 3.63) is 72.4 Å². The Balaban J connectivity index is 1.34. The highest BCUT2D eigenvalue weighted by molar-refractivity contribution is 7.16. The first-order valence-corrected chi connectivity index (χ1v) is 10.6. The number of nitrogens with zero attached hydrogens (tertiary/aromatic N) is 3. The van der Waals surface area contributed by atoms with Crippen molar-refractivity contribution in [1.82, 2.24) is 9.97 Å². The largest absolute Gasteiger partial charge is 0.344 e. The molecule has 5 rings (SSSR count). The van der Waals surface area contributed by atoms with Gasteiger partial charge in [0, 0.05) is 12.2 Å². The molecule has 29 heavy (non-hydrogen) atoms. The van der Waals surface area contributed by atoms with Gasteiger partial charge in [0.1, 0.15) is 23.0 Å². The molecule has 2 aromatic heterocycles. The van der Waals surface area contributed by atoms with Crippen molar-refractivity contribution < 1.29 is 4.79 Å². The van der Waals surface area contributed by atoms with Gasteiger partial charge in [0.15, 0.2) is 0 Å². The fourth-order valence-electron chi connectivity index (χ4n) is 3.90. The number of hydrogen-bond acceptors (Lipinski definition) is 5. The van der Waals surface area contributed by atoms with E-state index >= 15 is 0 Å². The van der Waals surface area contributed by atoms with Gasteiger partial charge in [-0.1, -0.05) is 42.5 Å². The van der Waals surface area contributed by atoms with Gasteiger partial charge in [-0.05, 0) is 47.5 Å². The maximum Gasteiger partial charge on any atom is 0.247 e. The summed E-state index contributed by atoms with van der Waals surface area (Å²) in [6, 6.07) is 20.0. The van der Waals surface area contributed by atoms with Gasteiger partial charge in [-0.3, -0.25) is 4.79 Å². The second-order valence-electron chi connectivity index (χ2n) is 7.12. The molecule has 0 spiro atoms. The molecule has 0 saturated carbocycles. The van der Waals surface area contributed by atoms with E-state index < -0.39 is 0 Å². The van der Waals surface area contributed by atoms with Gasteiger partial charge < -0.3 is 10.2 Å². The molecular weight excluding hydrogens is 380 g/mol. The van der Waals surface area contributed by atoms with Crippen molar-refractivity contribution in [1.29, 1.82) is 0 Å². The monoisotopic (exact) mass is 400 g/mol. The maximum atomic E-state index is 13.0. The van der Waals surface area contributed by atoms with E-state index in [2.05, 4.69) is 32.3 Å². The molecule has 1 aliphatic rings. The second kappa shape index (κ2) is 7.64. The molecule has 144 valence electrons. The Bertz CT molecular complexity index is 1140. The van der Waals surface area contributed by atoms with E-state index in [1.165, 1.54) is 0 Å². The lowest BCUT2D eigenvalue weighted by atomic mass is 10.1. The molecule has 1 unspecified atom stereocenters. The van der Waals surface area contributed by atoms with E-state index in [0.29, 0.717) is 0 Å². The van der Waals surface area contributed by atoms with Crippen LogP contribution in [0.25, 0.3) is 21.3 Å². The normalized spacial score (nSPS) is 16.3. The highest BCUT2D eigenvalue weighted by Gasteiger charge is 2.32. The molecule has 1 fully saturated rings. The van der Waals surface area contributed by atoms with E-state index in [-0.39, 0.29) is 11.9 Å². The van der Waals surface area contributed by atoms with Crippen molar-refractivity contribution in [3.63, 3.8) is 0 Å². The van der Waals surface area contributed by atoms with Crippen LogP contribution in [-0.2, 0) is 4.79 Å². The summed E-state index contributed by atoms with van der Waals surface area (Å²) in [6.45, 7) is 0.826. The number of aromatic nitrogens is 2. The summed E-state index contributed by atoms with van der Waals surface area (Å²) in [6.07, 6.45) is 3.38. The molecule has 1 aliphatic heterocycles. The third kappa shape index (κ3) is 3.47. The number of fused-ring (bicyclic) bond motifs is 1. The van der Waals surface area contributed by atoms with Gasteiger partial charge >= 0.3 is 0 Å². The van der Waals surface area contributed by atoms with Crippen LogP contribution < -0.4 is 10.2 Å². The molecule has 3 heterocycles. The summed E-state index contributed by atoms with van der Waals surface area (Å²) in [7, 11) is 0. The first kappa shape index (κ1) is 17.8. The molecule has 5 nitrogen and oxygen atoms in total. The Hall–Kier alpha value is -3.25. The Morgan fingerprint density at radius 2 is 1.79 bits per heavy atom. The topological polar surface area (TPSA) is 58.1 Å². The third-order valence-corrected chi connectivity index (χ3v) is 6.15. The first-order valence-electron chi connectivity index (χ1n) is 9.71. The molecule has 1 saturated heterocycles. The molecule has 0 radical (unpaired) electrons. The summed E-state index contributed by atoms with van der Waals surface area (Å²) < 4.78 is 0. The minimum atomic E-state index is -0.221. The Kier molecular flexibility index (Phi) is 4.69. The molecule has 0 aliphatic carbocycles. The molecule has 0 bridgehead atoms. The van der Waals surface area contributed by atoms with Crippen LogP contribution in [0.5, 0.6) is 0 Å². The summed E-state index contributed by atoms with van der Waals surface area (Å²) in [5.41, 5.74) is 3.10.